The molecule has 53 heavy (non-hydrogen) atoms. The number of allylic oxidation sites excluding steroid dienone is 2. The third kappa shape index (κ3) is 5.55. The van der Waals surface area contributed by atoms with Crippen molar-refractivity contribution in [3.8, 4) is 67.7 Å². The second-order valence-corrected chi connectivity index (χ2v) is 14.3. The number of fused-ring (bicyclic) bond motifs is 4. The first kappa shape index (κ1) is 32.4. The second-order valence-electron chi connectivity index (χ2n) is 14.3. The van der Waals surface area contributed by atoms with Gasteiger partial charge in [0.2, 0.25) is 0 Å². The van der Waals surface area contributed by atoms with Crippen LogP contribution in [0.4, 0.5) is 0 Å². The van der Waals surface area contributed by atoms with Crippen LogP contribution in [0.25, 0.3) is 61.7 Å². The van der Waals surface area contributed by atoms with E-state index in [1.54, 1.807) is 0 Å². The summed E-state index contributed by atoms with van der Waals surface area (Å²) in [6.45, 7) is 13.0. The number of ether oxygens (including phenoxy) is 2. The number of rotatable bonds is 6. The molecule has 0 unspecified atom stereocenters. The van der Waals surface area contributed by atoms with E-state index in [4.69, 9.17) is 19.4 Å². The van der Waals surface area contributed by atoms with Crippen LogP contribution < -0.4 is 9.47 Å². The second kappa shape index (κ2) is 12.6. The number of hydrogen-bond acceptors (Lipinski definition) is 4. The quantitative estimate of drug-likeness (QED) is 0.175. The van der Waals surface area contributed by atoms with Gasteiger partial charge in [-0.25, -0.2) is 9.97 Å². The highest BCUT2D eigenvalue weighted by molar-refractivity contribution is 5.87. The zero-order valence-electron chi connectivity index (χ0n) is 30.3. The number of nitrogens with zero attached hydrogens (tertiary/aromatic N) is 2. The average Bonchev–Trinajstić information content (AvgIpc) is 3.43. The van der Waals surface area contributed by atoms with Crippen molar-refractivity contribution in [1.82, 2.24) is 9.97 Å². The van der Waals surface area contributed by atoms with Gasteiger partial charge in [0.05, 0.1) is 11.4 Å². The van der Waals surface area contributed by atoms with Crippen LogP contribution in [-0.4, -0.2) is 9.97 Å². The van der Waals surface area contributed by atoms with Crippen molar-refractivity contribution in [3.05, 3.63) is 186 Å². The molecule has 2 heterocycles. The molecule has 0 spiro atoms. The van der Waals surface area contributed by atoms with Crippen molar-refractivity contribution >= 4 is 5.57 Å². The highest BCUT2D eigenvalue weighted by atomic mass is 16.6. The smallest absolute Gasteiger partial charge is 0.172 e. The van der Waals surface area contributed by atoms with Crippen molar-refractivity contribution in [2.24, 2.45) is 0 Å². The summed E-state index contributed by atoms with van der Waals surface area (Å²) in [5, 5.41) is 0. The Kier molecular flexibility index (Phi) is 7.71. The summed E-state index contributed by atoms with van der Waals surface area (Å²) in [5.41, 5.74) is 14.9. The Morgan fingerprint density at radius 1 is 0.528 bits per heavy atom. The first-order chi connectivity index (χ1) is 25.8. The summed E-state index contributed by atoms with van der Waals surface area (Å²) in [4.78, 5) is 10.4. The average molecular weight is 687 g/mol. The van der Waals surface area contributed by atoms with Crippen molar-refractivity contribution in [2.45, 2.75) is 33.1 Å². The topological polar surface area (TPSA) is 44.2 Å². The maximum absolute atomic E-state index is 6.45. The molecule has 0 atom stereocenters. The molecular formula is C49H38N2O2. The van der Waals surface area contributed by atoms with E-state index in [-0.39, 0.29) is 5.41 Å². The lowest BCUT2D eigenvalue weighted by molar-refractivity contribution is 0.309. The minimum atomic E-state index is -0.118. The molecule has 0 amide bonds. The number of hydrogen-bond donors (Lipinski definition) is 0. The minimum Gasteiger partial charge on any atom is -0.454 e. The molecule has 0 bridgehead atoms. The molecule has 256 valence electrons. The van der Waals surface area contributed by atoms with E-state index in [0.29, 0.717) is 28.8 Å². The van der Waals surface area contributed by atoms with E-state index >= 15 is 0 Å². The number of aromatic nitrogens is 2. The summed E-state index contributed by atoms with van der Waals surface area (Å²) in [6, 6.07) is 50.5. The van der Waals surface area contributed by atoms with Crippen molar-refractivity contribution in [2.75, 3.05) is 0 Å². The molecule has 2 aliphatic rings. The molecule has 0 saturated carbocycles. The van der Waals surface area contributed by atoms with Crippen LogP contribution in [0.5, 0.6) is 11.5 Å². The molecule has 7 aromatic rings. The van der Waals surface area contributed by atoms with Gasteiger partial charge in [-0.15, -0.1) is 0 Å². The lowest BCUT2D eigenvalue weighted by Crippen LogP contribution is -2.14. The number of benzene rings is 6. The molecule has 4 heteroatoms. The van der Waals surface area contributed by atoms with Gasteiger partial charge in [-0.05, 0) is 82.6 Å². The maximum atomic E-state index is 6.45. The van der Waals surface area contributed by atoms with Gasteiger partial charge in [-0.1, -0.05) is 142 Å². The lowest BCUT2D eigenvalue weighted by atomic mass is 9.82. The first-order valence-electron chi connectivity index (χ1n) is 18.0. The van der Waals surface area contributed by atoms with Gasteiger partial charge in [0.1, 0.15) is 5.76 Å². The SMILES string of the molecule is C=C(C1=C(C)Oc2cc(-c3ccccc3-c3cc(-c4ccc5c(c4)C(C)(C)c4ccccc4-5)nc(-c4ccccc4)n3)ccc2O1)c1ccccc1C. The molecule has 4 nitrogen and oxygen atoms in total. The fraction of sp³-hybridized carbons (Fsp3) is 0.102. The molecule has 0 fully saturated rings. The largest absolute Gasteiger partial charge is 0.454 e. The Balaban J connectivity index is 1.12. The lowest BCUT2D eigenvalue weighted by Gasteiger charge is -2.24. The van der Waals surface area contributed by atoms with Crippen molar-refractivity contribution < 1.29 is 9.47 Å². The zero-order chi connectivity index (χ0) is 36.3. The molecule has 9 rings (SSSR count). The van der Waals surface area contributed by atoms with Gasteiger partial charge in [0, 0.05) is 27.7 Å². The van der Waals surface area contributed by atoms with E-state index in [2.05, 4.69) is 130 Å². The summed E-state index contributed by atoms with van der Waals surface area (Å²) in [5.74, 6) is 3.30. The molecule has 0 saturated heterocycles. The van der Waals surface area contributed by atoms with Crippen LogP contribution >= 0.6 is 0 Å². The molecule has 1 aromatic heterocycles. The van der Waals surface area contributed by atoms with Gasteiger partial charge in [0.25, 0.3) is 0 Å². The van der Waals surface area contributed by atoms with Crippen LogP contribution in [0.2, 0.25) is 0 Å². The monoisotopic (exact) mass is 686 g/mol. The van der Waals surface area contributed by atoms with Crippen molar-refractivity contribution in [3.63, 3.8) is 0 Å². The highest BCUT2D eigenvalue weighted by Crippen LogP contribution is 2.50. The third-order valence-corrected chi connectivity index (χ3v) is 10.6. The van der Waals surface area contributed by atoms with Crippen LogP contribution in [0.15, 0.2) is 164 Å². The molecular weight excluding hydrogens is 649 g/mol. The summed E-state index contributed by atoms with van der Waals surface area (Å²) in [6.07, 6.45) is 0. The van der Waals surface area contributed by atoms with E-state index < -0.39 is 0 Å². The van der Waals surface area contributed by atoms with Gasteiger partial charge in [-0.2, -0.15) is 0 Å². The molecule has 0 radical (unpaired) electrons. The number of aryl methyl sites for hydroxylation is 1. The summed E-state index contributed by atoms with van der Waals surface area (Å²) >= 11 is 0. The van der Waals surface area contributed by atoms with Crippen LogP contribution in [0.3, 0.4) is 0 Å². The minimum absolute atomic E-state index is 0.118. The standard InChI is InChI=1S/C49H38N2O2/c1-30-15-9-10-18-36(30)31(2)47-32(3)52-46-28-34(24-26-45(46)53-47)37-19-11-12-21-40(37)44-29-43(50-48(51-44)33-16-7-6-8-17-33)35-23-25-39-38-20-13-14-22-41(38)49(4,5)42(39)27-35/h6-29H,2H2,1,3-5H3. The predicted molar refractivity (Wildman–Crippen MR) is 216 cm³/mol. The van der Waals surface area contributed by atoms with Crippen LogP contribution in [0.1, 0.15) is 43.0 Å². The summed E-state index contributed by atoms with van der Waals surface area (Å²) in [7, 11) is 0. The van der Waals surface area contributed by atoms with Gasteiger partial charge in [-0.3, -0.25) is 0 Å². The Bertz CT molecular complexity index is 2630. The van der Waals surface area contributed by atoms with Crippen LogP contribution in [0, 0.1) is 6.92 Å². The first-order valence-corrected chi connectivity index (χ1v) is 18.0. The van der Waals surface area contributed by atoms with E-state index in [9.17, 15) is 0 Å². The van der Waals surface area contributed by atoms with E-state index in [1.165, 1.54) is 22.3 Å². The molecule has 1 aliphatic carbocycles. The normalized spacial score (nSPS) is 13.7. The molecule has 6 aromatic carbocycles. The van der Waals surface area contributed by atoms with Crippen LogP contribution in [-0.2, 0) is 5.41 Å². The van der Waals surface area contributed by atoms with Gasteiger partial charge >= 0.3 is 0 Å². The Hall–Kier alpha value is -6.52. The van der Waals surface area contributed by atoms with Gasteiger partial charge < -0.3 is 9.47 Å². The van der Waals surface area contributed by atoms with E-state index in [1.807, 2.05) is 49.4 Å². The Morgan fingerprint density at radius 2 is 1.19 bits per heavy atom. The van der Waals surface area contributed by atoms with Gasteiger partial charge in [0.15, 0.2) is 23.1 Å². The van der Waals surface area contributed by atoms with E-state index in [0.717, 1.165) is 55.9 Å². The molecule has 0 N–H and O–H groups in total. The Morgan fingerprint density at radius 3 is 2.00 bits per heavy atom. The van der Waals surface area contributed by atoms with Crippen molar-refractivity contribution in [1.29, 1.82) is 0 Å². The highest BCUT2D eigenvalue weighted by Gasteiger charge is 2.35. The fourth-order valence-corrected chi connectivity index (χ4v) is 7.81. The predicted octanol–water partition coefficient (Wildman–Crippen LogP) is 12.5. The third-order valence-electron chi connectivity index (χ3n) is 10.6. The maximum Gasteiger partial charge on any atom is 0.172 e. The summed E-state index contributed by atoms with van der Waals surface area (Å²) < 4.78 is 12.9. The Labute approximate surface area is 310 Å². The zero-order valence-corrected chi connectivity index (χ0v) is 30.3. The molecule has 1 aliphatic heterocycles. The fourth-order valence-electron chi connectivity index (χ4n) is 7.81.